The third kappa shape index (κ3) is 14.4. The lowest BCUT2D eigenvalue weighted by Crippen LogP contribution is -2.15. The van der Waals surface area contributed by atoms with E-state index in [0.29, 0.717) is 0 Å². The topological polar surface area (TPSA) is 63.6 Å². The maximum atomic E-state index is 10.2. The van der Waals surface area contributed by atoms with E-state index >= 15 is 0 Å². The van der Waals surface area contributed by atoms with Gasteiger partial charge in [0, 0.05) is 0 Å². The molecule has 0 saturated heterocycles. The number of carbonyl (C=O) groups excluding carboxylic acids is 3. The lowest BCUT2D eigenvalue weighted by molar-refractivity contribution is -0.117. The van der Waals surface area contributed by atoms with Crippen LogP contribution in [0.2, 0.25) is 0 Å². The van der Waals surface area contributed by atoms with Gasteiger partial charge in [0.15, 0.2) is 0 Å². The molecule has 0 aromatic carbocycles. The summed E-state index contributed by atoms with van der Waals surface area (Å²) in [6, 6.07) is 0. The molecule has 0 aliphatic rings. The number of isocyanates is 1. The van der Waals surface area contributed by atoms with Gasteiger partial charge in [-0.2, -0.15) is 0 Å². The second kappa shape index (κ2) is 7.04. The van der Waals surface area contributed by atoms with Crippen LogP contribution in [0.3, 0.4) is 0 Å². The van der Waals surface area contributed by atoms with Gasteiger partial charge in [-0.1, -0.05) is 34.8 Å². The molecule has 0 atom stereocenters. The molecule has 0 rings (SSSR count). The summed E-state index contributed by atoms with van der Waals surface area (Å²) < 4.78 is -2.14. The number of alkyl halides is 3. The Hall–Kier alpha value is -0.410. The molecule has 0 N–H and O–H groups in total. The minimum Gasteiger partial charge on any atom is -0.300 e. The van der Waals surface area contributed by atoms with Crippen LogP contribution < -0.4 is 0 Å². The van der Waals surface area contributed by atoms with Crippen molar-refractivity contribution in [1.29, 1.82) is 0 Å². The molecule has 0 aromatic rings. The second-order valence-electron chi connectivity index (χ2n) is 1.91. The Morgan fingerprint density at radius 1 is 1.23 bits per heavy atom. The Balaban J connectivity index is 0. The van der Waals surface area contributed by atoms with Gasteiger partial charge in [-0.3, -0.25) is 4.79 Å². The van der Waals surface area contributed by atoms with Crippen molar-refractivity contribution in [2.75, 3.05) is 0 Å². The molecule has 0 radical (unpaired) electrons. The van der Waals surface area contributed by atoms with Crippen molar-refractivity contribution >= 4 is 52.6 Å². The summed E-state index contributed by atoms with van der Waals surface area (Å²) in [4.78, 5) is 31.6. The molecule has 0 bridgehead atoms. The summed E-state index contributed by atoms with van der Waals surface area (Å²) in [6.07, 6.45) is 0.946. The van der Waals surface area contributed by atoms with E-state index in [0.717, 1.165) is 6.08 Å². The molecule has 4 nitrogen and oxygen atoms in total. The molecule has 74 valence electrons. The number of aliphatic imine (C=N–C) groups is 1. The van der Waals surface area contributed by atoms with E-state index < -0.39 is 9.70 Å². The number of rotatable bonds is 0. The Bertz CT molecular complexity index is 236. The van der Waals surface area contributed by atoms with Gasteiger partial charge in [-0.15, -0.1) is 4.99 Å². The molecule has 0 spiro atoms. The smallest absolute Gasteiger partial charge is 0.300 e. The SMILES string of the molecule is CC(C)=O.O=C=NC(=O)C(Cl)(Cl)Cl. The van der Waals surface area contributed by atoms with Crippen LogP contribution in [0.25, 0.3) is 0 Å². The van der Waals surface area contributed by atoms with Gasteiger partial charge in [0.1, 0.15) is 5.78 Å². The third-order valence-electron chi connectivity index (χ3n) is 0.390. The molecule has 0 aliphatic carbocycles. The van der Waals surface area contributed by atoms with E-state index in [2.05, 4.69) is 4.99 Å². The molecular weight excluding hydrogens is 240 g/mol. The van der Waals surface area contributed by atoms with Crippen molar-refractivity contribution in [3.8, 4) is 0 Å². The predicted octanol–water partition coefficient (Wildman–Crippen LogP) is 1.81. The fourth-order valence-electron chi connectivity index (χ4n) is 0.105. The van der Waals surface area contributed by atoms with Crippen LogP contribution in [-0.4, -0.2) is 21.6 Å². The van der Waals surface area contributed by atoms with Crippen LogP contribution in [0.15, 0.2) is 4.99 Å². The maximum absolute atomic E-state index is 10.2. The van der Waals surface area contributed by atoms with Crippen LogP contribution in [0.4, 0.5) is 0 Å². The first-order valence-corrected chi connectivity index (χ1v) is 4.01. The van der Waals surface area contributed by atoms with Crippen molar-refractivity contribution < 1.29 is 14.4 Å². The summed E-state index contributed by atoms with van der Waals surface area (Å²) in [7, 11) is 0. The van der Waals surface area contributed by atoms with Gasteiger partial charge in [-0.05, 0) is 13.8 Å². The van der Waals surface area contributed by atoms with Crippen molar-refractivity contribution in [1.82, 2.24) is 0 Å². The number of Topliss-reactive ketones (excluding diaryl/α,β-unsaturated/α-hetero) is 1. The first-order chi connectivity index (χ1) is 5.71. The molecule has 0 heterocycles. The van der Waals surface area contributed by atoms with E-state index in [1.807, 2.05) is 0 Å². The van der Waals surface area contributed by atoms with E-state index in [1.54, 1.807) is 0 Å². The van der Waals surface area contributed by atoms with Crippen LogP contribution in [0.5, 0.6) is 0 Å². The van der Waals surface area contributed by atoms with Crippen LogP contribution >= 0.6 is 34.8 Å². The van der Waals surface area contributed by atoms with Gasteiger partial charge in [0.05, 0.1) is 0 Å². The lowest BCUT2D eigenvalue weighted by Gasteiger charge is -2.00. The fraction of sp³-hybridized carbons (Fsp3) is 0.500. The van der Waals surface area contributed by atoms with Gasteiger partial charge < -0.3 is 4.79 Å². The zero-order valence-electron chi connectivity index (χ0n) is 6.81. The van der Waals surface area contributed by atoms with Gasteiger partial charge >= 0.3 is 5.91 Å². The number of hydrogen-bond donors (Lipinski definition) is 0. The molecule has 0 fully saturated rings. The molecule has 0 aromatic heterocycles. The lowest BCUT2D eigenvalue weighted by atomic mass is 10.6. The quantitative estimate of drug-likeness (QED) is 0.372. The minimum atomic E-state index is -2.14. The van der Waals surface area contributed by atoms with E-state index in [-0.39, 0.29) is 5.78 Å². The standard InChI is InChI=1S/C3Cl3NO2.C3H6O/c4-3(5,6)2(9)7-1-8;1-3(2)4/h;1-2H3. The highest BCUT2D eigenvalue weighted by atomic mass is 35.6. The Kier molecular flexibility index (Phi) is 8.16. The van der Waals surface area contributed by atoms with Gasteiger partial charge in [0.25, 0.3) is 3.79 Å². The second-order valence-corrected chi connectivity index (χ2v) is 4.20. The highest BCUT2D eigenvalue weighted by Crippen LogP contribution is 2.26. The van der Waals surface area contributed by atoms with E-state index in [4.69, 9.17) is 34.8 Å². The summed E-state index contributed by atoms with van der Waals surface area (Å²) in [6.45, 7) is 3.06. The van der Waals surface area contributed by atoms with Crippen LogP contribution in [0.1, 0.15) is 13.8 Å². The average molecular weight is 246 g/mol. The number of halogens is 3. The number of carbonyl (C=O) groups is 2. The largest absolute Gasteiger partial charge is 0.308 e. The van der Waals surface area contributed by atoms with Gasteiger partial charge in [-0.25, -0.2) is 4.79 Å². The number of amides is 1. The first kappa shape index (κ1) is 15.1. The zero-order chi connectivity index (χ0) is 11.1. The summed E-state index contributed by atoms with van der Waals surface area (Å²) in [5, 5.41) is 0. The average Bonchev–Trinajstić information content (AvgIpc) is 1.84. The molecule has 1 amide bonds. The zero-order valence-corrected chi connectivity index (χ0v) is 9.07. The number of ketones is 1. The minimum absolute atomic E-state index is 0.167. The maximum Gasteiger partial charge on any atom is 0.308 e. The Morgan fingerprint density at radius 2 is 1.54 bits per heavy atom. The van der Waals surface area contributed by atoms with Crippen molar-refractivity contribution in [3.63, 3.8) is 0 Å². The molecular formula is C6H6Cl3NO3. The predicted molar refractivity (Wildman–Crippen MR) is 49.8 cm³/mol. The molecule has 0 saturated carbocycles. The Morgan fingerprint density at radius 3 is 1.62 bits per heavy atom. The third-order valence-corrected chi connectivity index (χ3v) is 0.875. The van der Waals surface area contributed by atoms with Gasteiger partial charge in [0.2, 0.25) is 6.08 Å². The Labute approximate surface area is 89.9 Å². The highest BCUT2D eigenvalue weighted by Gasteiger charge is 2.30. The van der Waals surface area contributed by atoms with Crippen molar-refractivity contribution in [2.24, 2.45) is 4.99 Å². The highest BCUT2D eigenvalue weighted by molar-refractivity contribution is 6.76. The molecule has 13 heavy (non-hydrogen) atoms. The number of hydrogen-bond acceptors (Lipinski definition) is 3. The van der Waals surface area contributed by atoms with Crippen molar-refractivity contribution in [2.45, 2.75) is 17.6 Å². The fourth-order valence-corrected chi connectivity index (χ4v) is 0.232. The molecule has 0 unspecified atom stereocenters. The van der Waals surface area contributed by atoms with E-state index in [9.17, 15) is 14.4 Å². The monoisotopic (exact) mass is 245 g/mol. The van der Waals surface area contributed by atoms with Crippen molar-refractivity contribution in [3.05, 3.63) is 0 Å². The normalized spacial score (nSPS) is 9.00. The van der Waals surface area contributed by atoms with Crippen LogP contribution in [-0.2, 0) is 14.4 Å². The molecule has 7 heteroatoms. The summed E-state index contributed by atoms with van der Waals surface area (Å²) >= 11 is 14.9. The first-order valence-electron chi connectivity index (χ1n) is 2.88. The van der Waals surface area contributed by atoms with E-state index in [1.165, 1.54) is 13.8 Å². The summed E-state index contributed by atoms with van der Waals surface area (Å²) in [5.74, 6) is -0.970. The van der Waals surface area contributed by atoms with Crippen LogP contribution in [0, 0.1) is 0 Å². The number of nitrogens with zero attached hydrogens (tertiary/aromatic N) is 1. The summed E-state index contributed by atoms with van der Waals surface area (Å²) in [5.41, 5.74) is 0. The molecule has 0 aliphatic heterocycles.